The Morgan fingerprint density at radius 3 is 2.53 bits per heavy atom. The number of halogens is 1. The van der Waals surface area contributed by atoms with E-state index < -0.39 is 0 Å². The maximum absolute atomic E-state index is 12.7. The van der Waals surface area contributed by atoms with Gasteiger partial charge in [-0.1, -0.05) is 12.1 Å². The van der Waals surface area contributed by atoms with Gasteiger partial charge < -0.3 is 5.32 Å². The SMILES string of the molecule is Fc1ccc(C[CH]N2CCNCC2)cc1. The third-order valence-electron chi connectivity index (χ3n) is 2.65. The molecule has 1 heterocycles. The van der Waals surface area contributed by atoms with Crippen LogP contribution in [-0.4, -0.2) is 31.1 Å². The van der Waals surface area contributed by atoms with Gasteiger partial charge in [0.15, 0.2) is 0 Å². The lowest BCUT2D eigenvalue weighted by Crippen LogP contribution is -2.42. The Morgan fingerprint density at radius 1 is 1.20 bits per heavy atom. The van der Waals surface area contributed by atoms with Crippen LogP contribution in [0.25, 0.3) is 0 Å². The first kappa shape index (κ1) is 10.6. The van der Waals surface area contributed by atoms with Crippen molar-refractivity contribution in [2.24, 2.45) is 0 Å². The van der Waals surface area contributed by atoms with Gasteiger partial charge in [-0.3, -0.25) is 4.90 Å². The van der Waals surface area contributed by atoms with Crippen molar-refractivity contribution in [3.8, 4) is 0 Å². The molecular weight excluding hydrogens is 191 g/mol. The number of hydrogen-bond donors (Lipinski definition) is 1. The van der Waals surface area contributed by atoms with Crippen LogP contribution in [0.1, 0.15) is 5.56 Å². The summed E-state index contributed by atoms with van der Waals surface area (Å²) in [5.41, 5.74) is 1.16. The first-order valence-electron chi connectivity index (χ1n) is 5.37. The minimum absolute atomic E-state index is 0.166. The fourth-order valence-corrected chi connectivity index (χ4v) is 1.72. The van der Waals surface area contributed by atoms with Gasteiger partial charge in [0.2, 0.25) is 0 Å². The molecule has 0 aromatic heterocycles. The number of rotatable bonds is 3. The zero-order valence-electron chi connectivity index (χ0n) is 8.75. The van der Waals surface area contributed by atoms with Crippen LogP contribution >= 0.6 is 0 Å². The van der Waals surface area contributed by atoms with Crippen LogP contribution in [0, 0.1) is 12.4 Å². The average molecular weight is 207 g/mol. The Labute approximate surface area is 90.1 Å². The second-order valence-electron chi connectivity index (χ2n) is 3.80. The van der Waals surface area contributed by atoms with E-state index in [1.807, 2.05) is 12.1 Å². The summed E-state index contributed by atoms with van der Waals surface area (Å²) in [4.78, 5) is 2.32. The molecule has 0 unspecified atom stereocenters. The molecule has 0 saturated carbocycles. The van der Waals surface area contributed by atoms with Crippen LogP contribution in [0.15, 0.2) is 24.3 Å². The summed E-state index contributed by atoms with van der Waals surface area (Å²) in [5, 5.41) is 3.31. The monoisotopic (exact) mass is 207 g/mol. The second kappa shape index (κ2) is 5.24. The minimum Gasteiger partial charge on any atom is -0.314 e. The Morgan fingerprint density at radius 2 is 1.87 bits per heavy atom. The highest BCUT2D eigenvalue weighted by Crippen LogP contribution is 2.07. The third kappa shape index (κ3) is 3.29. The molecular formula is C12H16FN2. The van der Waals surface area contributed by atoms with Crippen molar-refractivity contribution >= 4 is 0 Å². The van der Waals surface area contributed by atoms with Crippen molar-refractivity contribution < 1.29 is 4.39 Å². The van der Waals surface area contributed by atoms with E-state index in [0.717, 1.165) is 38.2 Å². The first-order valence-corrected chi connectivity index (χ1v) is 5.37. The van der Waals surface area contributed by atoms with Gasteiger partial charge in [0.05, 0.1) is 0 Å². The number of benzene rings is 1. The van der Waals surface area contributed by atoms with Gasteiger partial charge in [0.25, 0.3) is 0 Å². The minimum atomic E-state index is -0.166. The number of piperazine rings is 1. The molecule has 1 aromatic rings. The lowest BCUT2D eigenvalue weighted by atomic mass is 10.1. The van der Waals surface area contributed by atoms with Gasteiger partial charge >= 0.3 is 0 Å². The summed E-state index contributed by atoms with van der Waals surface area (Å²) in [7, 11) is 0. The predicted molar refractivity (Wildman–Crippen MR) is 58.8 cm³/mol. The topological polar surface area (TPSA) is 15.3 Å². The second-order valence-corrected chi connectivity index (χ2v) is 3.80. The Kier molecular flexibility index (Phi) is 3.69. The van der Waals surface area contributed by atoms with Crippen LogP contribution in [0.3, 0.4) is 0 Å². The molecule has 0 bridgehead atoms. The highest BCUT2D eigenvalue weighted by molar-refractivity contribution is 5.17. The van der Waals surface area contributed by atoms with E-state index in [9.17, 15) is 4.39 Å². The van der Waals surface area contributed by atoms with Gasteiger partial charge in [-0.15, -0.1) is 0 Å². The quantitative estimate of drug-likeness (QED) is 0.806. The fourth-order valence-electron chi connectivity index (χ4n) is 1.72. The molecule has 0 spiro atoms. The van der Waals surface area contributed by atoms with E-state index in [-0.39, 0.29) is 5.82 Å². The standard InChI is InChI=1S/C12H16FN2/c13-12-3-1-11(2-4-12)5-8-15-9-6-14-7-10-15/h1-4,8,14H,5-7,9-10H2. The molecule has 1 aliphatic rings. The predicted octanol–water partition coefficient (Wildman–Crippen LogP) is 1.44. The lowest BCUT2D eigenvalue weighted by molar-refractivity contribution is 0.287. The smallest absolute Gasteiger partial charge is 0.123 e. The van der Waals surface area contributed by atoms with Crippen molar-refractivity contribution in [3.63, 3.8) is 0 Å². The van der Waals surface area contributed by atoms with Gasteiger partial charge in [-0.05, 0) is 24.1 Å². The Bertz CT molecular complexity index is 291. The molecule has 0 atom stereocenters. The summed E-state index contributed by atoms with van der Waals surface area (Å²) in [5.74, 6) is -0.166. The van der Waals surface area contributed by atoms with Gasteiger partial charge in [-0.25, -0.2) is 4.39 Å². The first-order chi connectivity index (χ1) is 7.34. The van der Waals surface area contributed by atoms with Crippen LogP contribution < -0.4 is 5.32 Å². The summed E-state index contributed by atoms with van der Waals surface area (Å²) in [6.45, 7) is 6.45. The molecule has 2 rings (SSSR count). The highest BCUT2D eigenvalue weighted by Gasteiger charge is 2.09. The van der Waals surface area contributed by atoms with Crippen molar-refractivity contribution in [3.05, 3.63) is 42.2 Å². The van der Waals surface area contributed by atoms with E-state index in [0.29, 0.717) is 0 Å². The van der Waals surface area contributed by atoms with E-state index in [2.05, 4.69) is 16.8 Å². The average Bonchev–Trinajstić information content (AvgIpc) is 2.30. The molecule has 1 saturated heterocycles. The van der Waals surface area contributed by atoms with E-state index in [1.54, 1.807) is 0 Å². The number of nitrogens with zero attached hydrogens (tertiary/aromatic N) is 1. The van der Waals surface area contributed by atoms with Crippen LogP contribution in [0.2, 0.25) is 0 Å². The normalized spacial score (nSPS) is 17.9. The fraction of sp³-hybridized carbons (Fsp3) is 0.417. The van der Waals surface area contributed by atoms with Crippen molar-refractivity contribution in [1.82, 2.24) is 10.2 Å². The molecule has 1 fully saturated rings. The molecule has 0 amide bonds. The van der Waals surface area contributed by atoms with Crippen molar-refractivity contribution in [1.29, 1.82) is 0 Å². The number of hydrogen-bond acceptors (Lipinski definition) is 2. The number of nitrogens with one attached hydrogen (secondary N) is 1. The zero-order valence-corrected chi connectivity index (χ0v) is 8.75. The molecule has 3 heteroatoms. The van der Waals surface area contributed by atoms with Gasteiger partial charge in [0.1, 0.15) is 5.82 Å². The Hall–Kier alpha value is -0.930. The van der Waals surface area contributed by atoms with E-state index in [4.69, 9.17) is 0 Å². The summed E-state index contributed by atoms with van der Waals surface area (Å²) in [6.07, 6.45) is 0.889. The summed E-state index contributed by atoms with van der Waals surface area (Å²) in [6, 6.07) is 6.71. The molecule has 81 valence electrons. The van der Waals surface area contributed by atoms with Gasteiger partial charge in [0, 0.05) is 32.7 Å². The van der Waals surface area contributed by atoms with Crippen LogP contribution in [-0.2, 0) is 6.42 Å². The van der Waals surface area contributed by atoms with Crippen LogP contribution in [0.5, 0.6) is 0 Å². The van der Waals surface area contributed by atoms with E-state index >= 15 is 0 Å². The van der Waals surface area contributed by atoms with Crippen molar-refractivity contribution in [2.75, 3.05) is 26.2 Å². The zero-order chi connectivity index (χ0) is 10.5. The van der Waals surface area contributed by atoms with Gasteiger partial charge in [-0.2, -0.15) is 0 Å². The largest absolute Gasteiger partial charge is 0.314 e. The van der Waals surface area contributed by atoms with Crippen molar-refractivity contribution in [2.45, 2.75) is 6.42 Å². The lowest BCUT2D eigenvalue weighted by Gasteiger charge is -2.26. The maximum atomic E-state index is 12.7. The third-order valence-corrected chi connectivity index (χ3v) is 2.65. The molecule has 1 radical (unpaired) electrons. The molecule has 1 aromatic carbocycles. The molecule has 1 N–H and O–H groups in total. The molecule has 1 aliphatic heterocycles. The maximum Gasteiger partial charge on any atom is 0.123 e. The highest BCUT2D eigenvalue weighted by atomic mass is 19.1. The molecule has 0 aliphatic carbocycles. The summed E-state index contributed by atoms with van der Waals surface area (Å²) >= 11 is 0. The molecule has 15 heavy (non-hydrogen) atoms. The summed E-state index contributed by atoms with van der Waals surface area (Å²) < 4.78 is 12.7. The molecule has 2 nitrogen and oxygen atoms in total. The van der Waals surface area contributed by atoms with E-state index in [1.165, 1.54) is 12.1 Å². The Balaban J connectivity index is 1.79. The van der Waals surface area contributed by atoms with Crippen LogP contribution in [0.4, 0.5) is 4.39 Å².